The van der Waals surface area contributed by atoms with E-state index in [1.165, 1.54) is 18.3 Å². The van der Waals surface area contributed by atoms with E-state index in [1.54, 1.807) is 43.5 Å². The number of rotatable bonds is 7. The van der Waals surface area contributed by atoms with Crippen molar-refractivity contribution in [2.75, 3.05) is 20.8 Å². The second-order valence-electron chi connectivity index (χ2n) is 7.31. The van der Waals surface area contributed by atoms with Gasteiger partial charge in [0.1, 0.15) is 29.1 Å². The van der Waals surface area contributed by atoms with Crippen LogP contribution in [0.3, 0.4) is 0 Å². The number of Topliss-reactive ketones (excluding diaryl/α,β-unsaturated/α-hetero) is 1. The molecule has 0 bridgehead atoms. The Labute approximate surface area is 185 Å². The minimum absolute atomic E-state index is 0.0239. The van der Waals surface area contributed by atoms with Crippen LogP contribution in [0, 0.1) is 0 Å². The number of ketones is 1. The van der Waals surface area contributed by atoms with Crippen LogP contribution in [0.25, 0.3) is 5.76 Å². The molecule has 2 heterocycles. The first-order valence-electron chi connectivity index (χ1n) is 10.1. The van der Waals surface area contributed by atoms with E-state index < -0.39 is 17.7 Å². The molecule has 1 aliphatic heterocycles. The number of ether oxygens (including phenoxy) is 2. The summed E-state index contributed by atoms with van der Waals surface area (Å²) in [6.07, 6.45) is 1.99. The third kappa shape index (κ3) is 3.85. The van der Waals surface area contributed by atoms with Gasteiger partial charge in [-0.1, -0.05) is 24.3 Å². The lowest BCUT2D eigenvalue weighted by atomic mass is 9.98. The minimum atomic E-state index is -0.840. The fraction of sp³-hybridized carbons (Fsp3) is 0.200. The zero-order valence-electron chi connectivity index (χ0n) is 17.8. The van der Waals surface area contributed by atoms with E-state index in [-0.39, 0.29) is 17.9 Å². The number of nitrogens with zero attached hydrogens (tertiary/aromatic N) is 1. The summed E-state index contributed by atoms with van der Waals surface area (Å²) in [5, 5.41) is 11.1. The Hall–Kier alpha value is -4.00. The third-order valence-electron chi connectivity index (χ3n) is 5.52. The molecule has 0 aliphatic carbocycles. The number of aliphatic hydroxyl groups is 1. The summed E-state index contributed by atoms with van der Waals surface area (Å²) in [6, 6.07) is 16.8. The SMILES string of the molecule is COc1ccc(CCN2C(=O)C(=O)/C(=C(\O)c3ccccc3OC)C2c2ccco2)cc1. The Kier molecular flexibility index (Phi) is 5.98. The largest absolute Gasteiger partial charge is 0.507 e. The minimum Gasteiger partial charge on any atom is -0.507 e. The Morgan fingerprint density at radius 2 is 1.75 bits per heavy atom. The molecular formula is C25H23NO6. The number of para-hydroxylation sites is 1. The molecule has 1 aliphatic rings. The Bertz CT molecular complexity index is 1150. The van der Waals surface area contributed by atoms with Crippen LogP contribution < -0.4 is 9.47 Å². The molecule has 1 unspecified atom stereocenters. The fourth-order valence-electron chi connectivity index (χ4n) is 3.88. The van der Waals surface area contributed by atoms with Crippen LogP contribution in [0.1, 0.15) is 22.9 Å². The maximum Gasteiger partial charge on any atom is 0.295 e. The Morgan fingerprint density at radius 3 is 2.41 bits per heavy atom. The van der Waals surface area contributed by atoms with Crippen LogP contribution >= 0.6 is 0 Å². The molecule has 7 heteroatoms. The van der Waals surface area contributed by atoms with Gasteiger partial charge in [-0.15, -0.1) is 0 Å². The van der Waals surface area contributed by atoms with Crippen LogP contribution in [0.4, 0.5) is 0 Å². The van der Waals surface area contributed by atoms with E-state index >= 15 is 0 Å². The zero-order valence-corrected chi connectivity index (χ0v) is 17.8. The summed E-state index contributed by atoms with van der Waals surface area (Å²) in [7, 11) is 3.07. The monoisotopic (exact) mass is 433 g/mol. The molecule has 164 valence electrons. The van der Waals surface area contributed by atoms with Crippen molar-refractivity contribution in [3.63, 3.8) is 0 Å². The molecule has 4 rings (SSSR count). The van der Waals surface area contributed by atoms with Crippen molar-refractivity contribution in [1.82, 2.24) is 4.90 Å². The van der Waals surface area contributed by atoms with Crippen molar-refractivity contribution in [3.8, 4) is 11.5 Å². The number of aliphatic hydroxyl groups excluding tert-OH is 1. The fourth-order valence-corrected chi connectivity index (χ4v) is 3.88. The highest BCUT2D eigenvalue weighted by molar-refractivity contribution is 6.46. The highest BCUT2D eigenvalue weighted by Gasteiger charge is 2.47. The van der Waals surface area contributed by atoms with Gasteiger partial charge in [0, 0.05) is 6.54 Å². The molecule has 3 aromatic rings. The average Bonchev–Trinajstić information content (AvgIpc) is 3.44. The van der Waals surface area contributed by atoms with Gasteiger partial charge in [0.15, 0.2) is 0 Å². The van der Waals surface area contributed by atoms with Gasteiger partial charge in [-0.25, -0.2) is 0 Å². The number of methoxy groups -OCH3 is 2. The first-order chi connectivity index (χ1) is 15.5. The van der Waals surface area contributed by atoms with Crippen LogP contribution in [0.2, 0.25) is 0 Å². The van der Waals surface area contributed by atoms with Crippen molar-refractivity contribution in [2.45, 2.75) is 12.5 Å². The second kappa shape index (κ2) is 9.01. The highest BCUT2D eigenvalue weighted by Crippen LogP contribution is 2.41. The smallest absolute Gasteiger partial charge is 0.295 e. The molecule has 1 atom stereocenters. The molecular weight excluding hydrogens is 410 g/mol. The Balaban J connectivity index is 1.72. The molecule has 0 spiro atoms. The summed E-state index contributed by atoms with van der Waals surface area (Å²) >= 11 is 0. The highest BCUT2D eigenvalue weighted by atomic mass is 16.5. The van der Waals surface area contributed by atoms with Crippen molar-refractivity contribution in [2.24, 2.45) is 0 Å². The number of hydrogen-bond donors (Lipinski definition) is 1. The van der Waals surface area contributed by atoms with Crippen molar-refractivity contribution >= 4 is 17.4 Å². The average molecular weight is 433 g/mol. The van der Waals surface area contributed by atoms with Crippen molar-refractivity contribution in [1.29, 1.82) is 0 Å². The van der Waals surface area contributed by atoms with E-state index in [0.717, 1.165) is 11.3 Å². The lowest BCUT2D eigenvalue weighted by Crippen LogP contribution is -2.31. The van der Waals surface area contributed by atoms with E-state index in [4.69, 9.17) is 13.9 Å². The van der Waals surface area contributed by atoms with Gasteiger partial charge in [0.25, 0.3) is 11.7 Å². The zero-order chi connectivity index (χ0) is 22.7. The summed E-state index contributed by atoms with van der Waals surface area (Å²) in [5.41, 5.74) is 1.29. The maximum absolute atomic E-state index is 13.0. The van der Waals surface area contributed by atoms with Crippen molar-refractivity contribution in [3.05, 3.63) is 89.4 Å². The molecule has 7 nitrogen and oxygen atoms in total. The maximum atomic E-state index is 13.0. The van der Waals surface area contributed by atoms with E-state index in [1.807, 2.05) is 24.3 Å². The topological polar surface area (TPSA) is 89.2 Å². The van der Waals surface area contributed by atoms with Gasteiger partial charge in [-0.05, 0) is 48.4 Å². The molecule has 0 radical (unpaired) electrons. The summed E-state index contributed by atoms with van der Waals surface area (Å²) in [5.74, 6) is -0.209. The van der Waals surface area contributed by atoms with Gasteiger partial charge in [-0.3, -0.25) is 9.59 Å². The molecule has 1 amide bonds. The first-order valence-corrected chi connectivity index (χ1v) is 10.1. The number of hydrogen-bond acceptors (Lipinski definition) is 6. The first kappa shape index (κ1) is 21.2. The van der Waals surface area contributed by atoms with Crippen LogP contribution in [0.15, 0.2) is 76.9 Å². The molecule has 1 N–H and O–H groups in total. The normalized spacial score (nSPS) is 17.6. The molecule has 2 aromatic carbocycles. The quantitative estimate of drug-likeness (QED) is 0.345. The number of carbonyl (C=O) groups excluding carboxylic acids is 2. The van der Waals surface area contributed by atoms with Gasteiger partial charge in [-0.2, -0.15) is 0 Å². The standard InChI is InChI=1S/C25H23NO6/c1-30-17-11-9-16(10-12-17)13-14-26-22(20-8-5-15-32-20)21(24(28)25(26)29)23(27)18-6-3-4-7-19(18)31-2/h3-12,15,22,27H,13-14H2,1-2H3/b23-21-. The van der Waals surface area contributed by atoms with Gasteiger partial charge in [0.2, 0.25) is 0 Å². The molecule has 0 saturated carbocycles. The van der Waals surface area contributed by atoms with Crippen LogP contribution in [-0.2, 0) is 16.0 Å². The van der Waals surface area contributed by atoms with E-state index in [2.05, 4.69) is 0 Å². The molecule has 1 aromatic heterocycles. The van der Waals surface area contributed by atoms with Gasteiger partial charge in [0.05, 0.1) is 31.6 Å². The molecule has 1 fully saturated rings. The number of furan rings is 1. The number of likely N-dealkylation sites (tertiary alicyclic amines) is 1. The summed E-state index contributed by atoms with van der Waals surface area (Å²) in [6.45, 7) is 0.269. The molecule has 1 saturated heterocycles. The number of carbonyl (C=O) groups is 2. The number of amides is 1. The van der Waals surface area contributed by atoms with Crippen LogP contribution in [-0.4, -0.2) is 42.5 Å². The van der Waals surface area contributed by atoms with Gasteiger partial charge < -0.3 is 23.9 Å². The van der Waals surface area contributed by atoms with Crippen LogP contribution in [0.5, 0.6) is 11.5 Å². The second-order valence-corrected chi connectivity index (χ2v) is 7.31. The predicted octanol–water partition coefficient (Wildman–Crippen LogP) is 3.96. The third-order valence-corrected chi connectivity index (χ3v) is 5.52. The summed E-state index contributed by atoms with van der Waals surface area (Å²) in [4.78, 5) is 27.4. The number of benzene rings is 2. The van der Waals surface area contributed by atoms with Gasteiger partial charge >= 0.3 is 0 Å². The van der Waals surface area contributed by atoms with E-state index in [0.29, 0.717) is 23.5 Å². The summed E-state index contributed by atoms with van der Waals surface area (Å²) < 4.78 is 16.1. The van der Waals surface area contributed by atoms with E-state index in [9.17, 15) is 14.7 Å². The lowest BCUT2D eigenvalue weighted by molar-refractivity contribution is -0.140. The molecule has 32 heavy (non-hydrogen) atoms. The Morgan fingerprint density at radius 1 is 1.00 bits per heavy atom. The van der Waals surface area contributed by atoms with Crippen molar-refractivity contribution < 1.29 is 28.6 Å². The lowest BCUT2D eigenvalue weighted by Gasteiger charge is -2.23. The predicted molar refractivity (Wildman–Crippen MR) is 117 cm³/mol.